The van der Waals surface area contributed by atoms with E-state index in [-0.39, 0.29) is 13.2 Å². The molecule has 0 radical (unpaired) electrons. The largest absolute Gasteiger partial charge is 0.500 e. The lowest BCUT2D eigenvalue weighted by atomic mass is 10.0. The van der Waals surface area contributed by atoms with Gasteiger partial charge < -0.3 is 14.2 Å². The molecule has 0 atom stereocenters. The van der Waals surface area contributed by atoms with Crippen LogP contribution in [0.15, 0.2) is 17.9 Å². The fourth-order valence-corrected chi connectivity index (χ4v) is 1.94. The zero-order valence-corrected chi connectivity index (χ0v) is 13.5. The molecule has 0 saturated carbocycles. The third-order valence-electron chi connectivity index (χ3n) is 2.67. The predicted octanol–water partition coefficient (Wildman–Crippen LogP) is 3.29. The summed E-state index contributed by atoms with van der Waals surface area (Å²) in [5.74, 6) is -5.24. The molecule has 1 rings (SSSR count). The zero-order chi connectivity index (χ0) is 17.6. The van der Waals surface area contributed by atoms with Crippen LogP contribution < -0.4 is 4.74 Å². The smallest absolute Gasteiger partial charge is 0.345 e. The number of ether oxygens (including phenoxy) is 3. The van der Waals surface area contributed by atoms with Gasteiger partial charge in [-0.2, -0.15) is 4.39 Å². The highest BCUT2D eigenvalue weighted by Crippen LogP contribution is 2.34. The van der Waals surface area contributed by atoms with Gasteiger partial charge >= 0.3 is 5.97 Å². The standard InChI is InChI=1S/C15H15ClF2O5/c1-4-22-7-9(15(20)23-5-2)13(19)8-6-10(17)12(18)14(21-3)11(8)16/h6-7H,4-5H2,1-3H3. The number of halogens is 3. The number of carbonyl (C=O) groups is 2. The van der Waals surface area contributed by atoms with Crippen LogP contribution in [-0.4, -0.2) is 32.1 Å². The molecule has 0 aliphatic heterocycles. The molecule has 0 N–H and O–H groups in total. The van der Waals surface area contributed by atoms with Crippen LogP contribution in [0.2, 0.25) is 5.02 Å². The first kappa shape index (κ1) is 18.9. The van der Waals surface area contributed by atoms with E-state index in [2.05, 4.69) is 4.74 Å². The van der Waals surface area contributed by atoms with Gasteiger partial charge in [-0.3, -0.25) is 4.79 Å². The maximum atomic E-state index is 13.6. The second-order valence-electron chi connectivity index (χ2n) is 4.10. The van der Waals surface area contributed by atoms with E-state index in [9.17, 15) is 18.4 Å². The summed E-state index contributed by atoms with van der Waals surface area (Å²) in [4.78, 5) is 24.3. The first-order valence-electron chi connectivity index (χ1n) is 6.63. The van der Waals surface area contributed by atoms with Crippen LogP contribution in [0.5, 0.6) is 5.75 Å². The minimum absolute atomic E-state index is 0.0183. The Labute approximate surface area is 136 Å². The minimum Gasteiger partial charge on any atom is -0.500 e. The second-order valence-corrected chi connectivity index (χ2v) is 4.48. The van der Waals surface area contributed by atoms with Crippen molar-refractivity contribution in [1.29, 1.82) is 0 Å². The summed E-state index contributed by atoms with van der Waals surface area (Å²) < 4.78 is 41.5. The quantitative estimate of drug-likeness (QED) is 0.144. The normalized spacial score (nSPS) is 11.1. The van der Waals surface area contributed by atoms with Crippen molar-refractivity contribution in [2.24, 2.45) is 0 Å². The Balaban J connectivity index is 3.39. The van der Waals surface area contributed by atoms with Crippen molar-refractivity contribution in [1.82, 2.24) is 0 Å². The van der Waals surface area contributed by atoms with E-state index in [0.717, 1.165) is 13.4 Å². The van der Waals surface area contributed by atoms with Crippen molar-refractivity contribution in [3.63, 3.8) is 0 Å². The van der Waals surface area contributed by atoms with E-state index in [4.69, 9.17) is 21.1 Å². The Hall–Kier alpha value is -2.15. The highest BCUT2D eigenvalue weighted by molar-refractivity contribution is 6.38. The number of benzene rings is 1. The van der Waals surface area contributed by atoms with Crippen LogP contribution in [0.3, 0.4) is 0 Å². The van der Waals surface area contributed by atoms with Crippen LogP contribution in [-0.2, 0) is 14.3 Å². The van der Waals surface area contributed by atoms with Crippen molar-refractivity contribution >= 4 is 23.4 Å². The highest BCUT2D eigenvalue weighted by Gasteiger charge is 2.28. The molecule has 0 spiro atoms. The van der Waals surface area contributed by atoms with Crippen LogP contribution in [0, 0.1) is 11.6 Å². The Morgan fingerprint density at radius 2 is 1.91 bits per heavy atom. The molecule has 0 unspecified atom stereocenters. The lowest BCUT2D eigenvalue weighted by molar-refractivity contribution is -0.138. The lowest BCUT2D eigenvalue weighted by Gasteiger charge is -2.11. The van der Waals surface area contributed by atoms with Crippen LogP contribution in [0.1, 0.15) is 24.2 Å². The van der Waals surface area contributed by atoms with E-state index in [0.29, 0.717) is 6.07 Å². The molecule has 8 heteroatoms. The molecule has 0 bridgehead atoms. The number of hydrogen-bond acceptors (Lipinski definition) is 5. The molecule has 0 heterocycles. The van der Waals surface area contributed by atoms with Gasteiger partial charge in [-0.25, -0.2) is 9.18 Å². The predicted molar refractivity (Wildman–Crippen MR) is 78.6 cm³/mol. The number of ketones is 1. The van der Waals surface area contributed by atoms with Crippen molar-refractivity contribution < 1.29 is 32.6 Å². The van der Waals surface area contributed by atoms with Crippen LogP contribution in [0.25, 0.3) is 0 Å². The fourth-order valence-electron chi connectivity index (χ4n) is 1.64. The Kier molecular flexibility index (Phi) is 6.96. The summed E-state index contributed by atoms with van der Waals surface area (Å²) in [6.45, 7) is 3.39. The maximum absolute atomic E-state index is 13.6. The molecule has 0 aliphatic carbocycles. The summed E-state index contributed by atoms with van der Waals surface area (Å²) in [7, 11) is 1.07. The summed E-state index contributed by atoms with van der Waals surface area (Å²) in [5.41, 5.74) is -0.940. The van der Waals surface area contributed by atoms with E-state index in [1.54, 1.807) is 13.8 Å². The van der Waals surface area contributed by atoms with Crippen molar-refractivity contribution in [3.05, 3.63) is 40.1 Å². The van der Waals surface area contributed by atoms with Crippen LogP contribution >= 0.6 is 11.6 Å². The van der Waals surface area contributed by atoms with Crippen molar-refractivity contribution in [3.8, 4) is 5.75 Å². The summed E-state index contributed by atoms with van der Waals surface area (Å²) >= 11 is 5.87. The molecule has 5 nitrogen and oxygen atoms in total. The number of methoxy groups -OCH3 is 1. The van der Waals surface area contributed by atoms with E-state index >= 15 is 0 Å². The summed E-state index contributed by atoms with van der Waals surface area (Å²) in [6.07, 6.45) is 0.893. The highest BCUT2D eigenvalue weighted by atomic mass is 35.5. The monoisotopic (exact) mass is 348 g/mol. The first-order valence-corrected chi connectivity index (χ1v) is 7.01. The molecular weight excluding hydrogens is 334 g/mol. The molecular formula is C15H15ClF2O5. The first-order chi connectivity index (χ1) is 10.9. The maximum Gasteiger partial charge on any atom is 0.345 e. The van der Waals surface area contributed by atoms with Gasteiger partial charge in [-0.15, -0.1) is 0 Å². The molecule has 126 valence electrons. The third kappa shape index (κ3) is 4.19. The van der Waals surface area contributed by atoms with Crippen molar-refractivity contribution in [2.75, 3.05) is 20.3 Å². The lowest BCUT2D eigenvalue weighted by Crippen LogP contribution is -2.18. The SMILES string of the molecule is CCOC=C(C(=O)OCC)C(=O)c1cc(F)c(F)c(OC)c1Cl. The fraction of sp³-hybridized carbons (Fsp3) is 0.333. The summed E-state index contributed by atoms with van der Waals surface area (Å²) in [5, 5.41) is -0.455. The number of esters is 1. The average molecular weight is 349 g/mol. The van der Waals surface area contributed by atoms with Gasteiger partial charge in [0.05, 0.1) is 25.3 Å². The molecule has 1 aromatic carbocycles. The van der Waals surface area contributed by atoms with Gasteiger partial charge in [0.1, 0.15) is 11.8 Å². The second kappa shape index (κ2) is 8.47. The Bertz CT molecular complexity index is 643. The summed E-state index contributed by atoms with van der Waals surface area (Å²) in [6, 6.07) is 0.585. The van der Waals surface area contributed by atoms with Gasteiger partial charge in [-0.1, -0.05) is 11.6 Å². The van der Waals surface area contributed by atoms with Gasteiger partial charge in [0, 0.05) is 5.56 Å². The number of hydrogen-bond donors (Lipinski definition) is 0. The molecule has 0 aliphatic rings. The average Bonchev–Trinajstić information content (AvgIpc) is 2.52. The minimum atomic E-state index is -1.34. The van der Waals surface area contributed by atoms with E-state index < -0.39 is 45.3 Å². The Morgan fingerprint density at radius 3 is 2.43 bits per heavy atom. The number of Topliss-reactive ketones (excluding diaryl/α,β-unsaturated/α-hetero) is 1. The van der Waals surface area contributed by atoms with Gasteiger partial charge in [-0.05, 0) is 19.9 Å². The topological polar surface area (TPSA) is 61.8 Å². The van der Waals surface area contributed by atoms with Gasteiger partial charge in [0.25, 0.3) is 0 Å². The molecule has 23 heavy (non-hydrogen) atoms. The van der Waals surface area contributed by atoms with Gasteiger partial charge in [0.15, 0.2) is 11.6 Å². The van der Waals surface area contributed by atoms with Crippen molar-refractivity contribution in [2.45, 2.75) is 13.8 Å². The molecule has 0 aromatic heterocycles. The molecule has 0 fully saturated rings. The number of carbonyl (C=O) groups excluding carboxylic acids is 2. The van der Waals surface area contributed by atoms with E-state index in [1.165, 1.54) is 0 Å². The van der Waals surface area contributed by atoms with Gasteiger partial charge in [0.2, 0.25) is 11.6 Å². The Morgan fingerprint density at radius 1 is 1.26 bits per heavy atom. The van der Waals surface area contributed by atoms with E-state index in [1.807, 2.05) is 0 Å². The zero-order valence-electron chi connectivity index (χ0n) is 12.7. The third-order valence-corrected chi connectivity index (χ3v) is 3.05. The molecule has 0 amide bonds. The van der Waals surface area contributed by atoms with Crippen LogP contribution in [0.4, 0.5) is 8.78 Å². The number of rotatable bonds is 7. The molecule has 1 aromatic rings. The molecule has 0 saturated heterocycles.